The van der Waals surface area contributed by atoms with Crippen LogP contribution in [0.4, 0.5) is 0 Å². The third kappa shape index (κ3) is 3.91. The Morgan fingerprint density at radius 1 is 1.37 bits per heavy atom. The summed E-state index contributed by atoms with van der Waals surface area (Å²) in [6.07, 6.45) is 4.72. The molecule has 0 radical (unpaired) electrons. The van der Waals surface area contributed by atoms with E-state index in [2.05, 4.69) is 4.98 Å². The standard InChI is InChI=1S/C14H18ClNO3/c15-11-5-6-12(16-8-11)13(17)7-9-1-3-10(4-2-9)14(18)19/h5-6,8-10,13,17H,1-4,7H2,(H,18,19). The molecule has 1 saturated carbocycles. The molecule has 1 aliphatic carbocycles. The number of carbonyl (C=O) groups is 1. The summed E-state index contributed by atoms with van der Waals surface area (Å²) in [5.41, 5.74) is 0.629. The Bertz CT molecular complexity index is 427. The summed E-state index contributed by atoms with van der Waals surface area (Å²) in [6, 6.07) is 3.45. The smallest absolute Gasteiger partial charge is 0.306 e. The van der Waals surface area contributed by atoms with Crippen LogP contribution < -0.4 is 0 Å². The minimum Gasteiger partial charge on any atom is -0.481 e. The molecule has 0 aromatic carbocycles. The third-order valence-electron chi connectivity index (χ3n) is 3.84. The predicted molar refractivity (Wildman–Crippen MR) is 71.9 cm³/mol. The fourth-order valence-electron chi connectivity index (χ4n) is 2.67. The lowest BCUT2D eigenvalue weighted by molar-refractivity contribution is -0.143. The molecule has 0 bridgehead atoms. The molecule has 5 heteroatoms. The number of rotatable bonds is 4. The number of hydrogen-bond acceptors (Lipinski definition) is 3. The number of carboxylic acids is 1. The average molecular weight is 284 g/mol. The quantitative estimate of drug-likeness (QED) is 0.891. The van der Waals surface area contributed by atoms with E-state index in [9.17, 15) is 9.90 Å². The van der Waals surface area contributed by atoms with E-state index in [4.69, 9.17) is 16.7 Å². The summed E-state index contributed by atoms with van der Waals surface area (Å²) in [7, 11) is 0. The molecule has 2 N–H and O–H groups in total. The van der Waals surface area contributed by atoms with Crippen molar-refractivity contribution >= 4 is 17.6 Å². The minimum atomic E-state index is -0.696. The second kappa shape index (κ2) is 6.35. The molecule has 1 heterocycles. The van der Waals surface area contributed by atoms with Crippen LogP contribution in [0.2, 0.25) is 5.02 Å². The van der Waals surface area contributed by atoms with Gasteiger partial charge in [-0.25, -0.2) is 0 Å². The number of halogens is 1. The van der Waals surface area contributed by atoms with Crippen molar-refractivity contribution in [3.05, 3.63) is 29.0 Å². The highest BCUT2D eigenvalue weighted by Gasteiger charge is 2.27. The van der Waals surface area contributed by atoms with Gasteiger partial charge < -0.3 is 10.2 Å². The largest absolute Gasteiger partial charge is 0.481 e. The number of carboxylic acid groups (broad SMARTS) is 1. The Morgan fingerprint density at radius 3 is 2.58 bits per heavy atom. The maximum absolute atomic E-state index is 10.9. The van der Waals surface area contributed by atoms with E-state index in [1.807, 2.05) is 0 Å². The maximum atomic E-state index is 10.9. The van der Waals surface area contributed by atoms with Gasteiger partial charge in [0.05, 0.1) is 22.7 Å². The molecule has 1 unspecified atom stereocenters. The normalized spacial score (nSPS) is 24.9. The number of nitrogens with zero attached hydrogens (tertiary/aromatic N) is 1. The number of aromatic nitrogens is 1. The van der Waals surface area contributed by atoms with Gasteiger partial charge in [0, 0.05) is 6.20 Å². The first-order chi connectivity index (χ1) is 9.06. The van der Waals surface area contributed by atoms with Gasteiger partial charge in [-0.05, 0) is 50.2 Å². The third-order valence-corrected chi connectivity index (χ3v) is 4.07. The molecule has 4 nitrogen and oxygen atoms in total. The second-order valence-corrected chi connectivity index (χ2v) is 5.65. The lowest BCUT2D eigenvalue weighted by Crippen LogP contribution is -2.22. The zero-order valence-electron chi connectivity index (χ0n) is 10.6. The van der Waals surface area contributed by atoms with E-state index >= 15 is 0 Å². The van der Waals surface area contributed by atoms with Crippen LogP contribution in [0.15, 0.2) is 18.3 Å². The number of hydrogen-bond donors (Lipinski definition) is 2. The van der Waals surface area contributed by atoms with Crippen LogP contribution in [0.25, 0.3) is 0 Å². The summed E-state index contributed by atoms with van der Waals surface area (Å²) in [6.45, 7) is 0. The van der Waals surface area contributed by atoms with Gasteiger partial charge in [0.15, 0.2) is 0 Å². The second-order valence-electron chi connectivity index (χ2n) is 5.21. The molecule has 0 saturated heterocycles. The molecule has 0 aliphatic heterocycles. The fourth-order valence-corrected chi connectivity index (χ4v) is 2.78. The van der Waals surface area contributed by atoms with Crippen LogP contribution >= 0.6 is 11.6 Å². The number of pyridine rings is 1. The van der Waals surface area contributed by atoms with Crippen LogP contribution in [0.3, 0.4) is 0 Å². The van der Waals surface area contributed by atoms with Crippen molar-refractivity contribution < 1.29 is 15.0 Å². The van der Waals surface area contributed by atoms with E-state index in [-0.39, 0.29) is 5.92 Å². The van der Waals surface area contributed by atoms with Crippen molar-refractivity contribution in [3.8, 4) is 0 Å². The molecule has 104 valence electrons. The van der Waals surface area contributed by atoms with Gasteiger partial charge in [-0.1, -0.05) is 11.6 Å². The Kier molecular flexibility index (Phi) is 4.77. The average Bonchev–Trinajstić information content (AvgIpc) is 2.40. The number of aliphatic hydroxyl groups excluding tert-OH is 1. The van der Waals surface area contributed by atoms with Gasteiger partial charge in [0.25, 0.3) is 0 Å². The van der Waals surface area contributed by atoms with Crippen molar-refractivity contribution in [1.82, 2.24) is 4.98 Å². The van der Waals surface area contributed by atoms with Gasteiger partial charge in [-0.2, -0.15) is 0 Å². The van der Waals surface area contributed by atoms with Crippen LogP contribution in [0.5, 0.6) is 0 Å². The lowest BCUT2D eigenvalue weighted by Gasteiger charge is -2.27. The van der Waals surface area contributed by atoms with Crippen LogP contribution in [0.1, 0.15) is 43.9 Å². The van der Waals surface area contributed by atoms with E-state index in [0.29, 0.717) is 35.9 Å². The van der Waals surface area contributed by atoms with Crippen molar-refractivity contribution in [2.24, 2.45) is 11.8 Å². The fraction of sp³-hybridized carbons (Fsp3) is 0.571. The van der Waals surface area contributed by atoms with Gasteiger partial charge in [0.2, 0.25) is 0 Å². The van der Waals surface area contributed by atoms with Gasteiger partial charge >= 0.3 is 5.97 Å². The monoisotopic (exact) mass is 283 g/mol. The lowest BCUT2D eigenvalue weighted by atomic mass is 9.79. The molecule has 2 rings (SSSR count). The molecule has 1 atom stereocenters. The van der Waals surface area contributed by atoms with E-state index in [1.54, 1.807) is 12.1 Å². The zero-order valence-corrected chi connectivity index (χ0v) is 11.4. The molecule has 1 aromatic rings. The molecule has 19 heavy (non-hydrogen) atoms. The Balaban J connectivity index is 1.85. The summed E-state index contributed by atoms with van der Waals surface area (Å²) in [4.78, 5) is 15.0. The molecular weight excluding hydrogens is 266 g/mol. The minimum absolute atomic E-state index is 0.206. The number of aliphatic hydroxyl groups is 1. The topological polar surface area (TPSA) is 70.4 Å². The van der Waals surface area contributed by atoms with Gasteiger partial charge in [-0.3, -0.25) is 9.78 Å². The molecule has 1 aliphatic rings. The molecule has 1 fully saturated rings. The molecule has 1 aromatic heterocycles. The molecule has 0 amide bonds. The summed E-state index contributed by atoms with van der Waals surface area (Å²) in [5, 5.41) is 19.6. The van der Waals surface area contributed by atoms with Crippen LogP contribution in [0, 0.1) is 11.8 Å². The van der Waals surface area contributed by atoms with E-state index in [1.165, 1.54) is 6.20 Å². The SMILES string of the molecule is O=C(O)C1CCC(CC(O)c2ccc(Cl)cn2)CC1. The van der Waals surface area contributed by atoms with E-state index < -0.39 is 12.1 Å². The highest BCUT2D eigenvalue weighted by atomic mass is 35.5. The maximum Gasteiger partial charge on any atom is 0.306 e. The highest BCUT2D eigenvalue weighted by Crippen LogP contribution is 2.34. The Hall–Kier alpha value is -1.13. The van der Waals surface area contributed by atoms with Crippen LogP contribution in [-0.2, 0) is 4.79 Å². The Labute approximate surface area is 117 Å². The molecule has 0 spiro atoms. The zero-order chi connectivity index (χ0) is 13.8. The predicted octanol–water partition coefficient (Wildman–Crippen LogP) is 3.05. The number of aliphatic carboxylic acids is 1. The molecular formula is C14H18ClNO3. The Morgan fingerprint density at radius 2 is 2.05 bits per heavy atom. The highest BCUT2D eigenvalue weighted by molar-refractivity contribution is 6.30. The summed E-state index contributed by atoms with van der Waals surface area (Å²) >= 11 is 5.75. The first-order valence-corrected chi connectivity index (χ1v) is 6.96. The van der Waals surface area contributed by atoms with Gasteiger partial charge in [-0.15, -0.1) is 0 Å². The van der Waals surface area contributed by atoms with E-state index in [0.717, 1.165) is 12.8 Å². The van der Waals surface area contributed by atoms with Crippen molar-refractivity contribution in [1.29, 1.82) is 0 Å². The van der Waals surface area contributed by atoms with Crippen molar-refractivity contribution in [3.63, 3.8) is 0 Å². The van der Waals surface area contributed by atoms with Gasteiger partial charge in [0.1, 0.15) is 0 Å². The van der Waals surface area contributed by atoms with Crippen molar-refractivity contribution in [2.45, 2.75) is 38.2 Å². The summed E-state index contributed by atoms with van der Waals surface area (Å²) < 4.78 is 0. The summed E-state index contributed by atoms with van der Waals surface area (Å²) in [5.74, 6) is -0.525. The first-order valence-electron chi connectivity index (χ1n) is 6.58. The van der Waals surface area contributed by atoms with Crippen molar-refractivity contribution in [2.75, 3.05) is 0 Å². The first kappa shape index (κ1) is 14.3. The van der Waals surface area contributed by atoms with Crippen LogP contribution in [-0.4, -0.2) is 21.2 Å².